The molecule has 2 N–H and O–H groups in total. The van der Waals surface area contributed by atoms with Gasteiger partial charge in [0, 0.05) is 35.0 Å². The molecule has 1 saturated heterocycles. The molecule has 54 heavy (non-hydrogen) atoms. The van der Waals surface area contributed by atoms with E-state index in [1.54, 1.807) is 18.0 Å². The van der Waals surface area contributed by atoms with E-state index in [1.165, 1.54) is 6.33 Å². The highest BCUT2D eigenvalue weighted by Gasteiger charge is 2.54. The maximum absolute atomic E-state index is 7.43. The summed E-state index contributed by atoms with van der Waals surface area (Å²) in [5.74, 6) is 9.02. The monoisotopic (exact) mass is 782 g/mol. The van der Waals surface area contributed by atoms with Crippen LogP contribution >= 0.6 is 11.8 Å². The minimum atomic E-state index is -2.37. The normalized spacial score (nSPS) is 19.6. The molecule has 0 radical (unpaired) electrons. The summed E-state index contributed by atoms with van der Waals surface area (Å²) >= 11 is 1.79. The van der Waals surface area contributed by atoms with Crippen molar-refractivity contribution in [1.29, 1.82) is 0 Å². The fraction of sp³-hybridized carbons (Fsp3) is 0.463. The molecule has 286 valence electrons. The number of ether oxygens (including phenoxy) is 1. The van der Waals surface area contributed by atoms with Crippen LogP contribution in [0.25, 0.3) is 22.4 Å². The van der Waals surface area contributed by atoms with Gasteiger partial charge in [0.25, 0.3) is 0 Å². The van der Waals surface area contributed by atoms with Gasteiger partial charge in [-0.1, -0.05) is 89.0 Å². The number of nitrogens with zero attached hydrogens (tertiary/aromatic N) is 5. The van der Waals surface area contributed by atoms with Gasteiger partial charge in [-0.05, 0) is 61.2 Å². The maximum Gasteiger partial charge on any atom is 0.192 e. The number of nitrogens with two attached hydrogens (primary N) is 1. The van der Waals surface area contributed by atoms with Crippen LogP contribution in [0.4, 0.5) is 5.82 Å². The Bertz CT molecular complexity index is 2130. The Morgan fingerprint density at radius 2 is 1.54 bits per heavy atom. The van der Waals surface area contributed by atoms with E-state index in [-0.39, 0.29) is 22.3 Å². The van der Waals surface area contributed by atoms with Gasteiger partial charge in [0.05, 0.1) is 22.7 Å². The van der Waals surface area contributed by atoms with Gasteiger partial charge >= 0.3 is 0 Å². The van der Waals surface area contributed by atoms with E-state index in [9.17, 15) is 0 Å². The third-order valence-electron chi connectivity index (χ3n) is 11.2. The third kappa shape index (κ3) is 8.24. The highest BCUT2D eigenvalue weighted by molar-refractivity contribution is 7.98. The lowest BCUT2D eigenvalue weighted by atomic mass is 10.1. The number of aromatic nitrogens is 5. The van der Waals surface area contributed by atoms with Gasteiger partial charge in [-0.15, -0.1) is 0 Å². The molecule has 1 aromatic carbocycles. The molecule has 0 unspecified atom stereocenters. The number of rotatable bonds is 10. The van der Waals surface area contributed by atoms with Crippen LogP contribution in [0.1, 0.15) is 70.3 Å². The Balaban J connectivity index is 1.43. The van der Waals surface area contributed by atoms with Gasteiger partial charge in [0.15, 0.2) is 28.6 Å². The lowest BCUT2D eigenvalue weighted by molar-refractivity contribution is -0.0244. The molecule has 0 saturated carbocycles. The molecule has 1 fully saturated rings. The van der Waals surface area contributed by atoms with Crippen LogP contribution in [0.3, 0.4) is 0 Å². The number of hydrogen-bond acceptors (Lipinski definition) is 10. The van der Waals surface area contributed by atoms with Crippen LogP contribution in [0.15, 0.2) is 71.8 Å². The first-order valence-electron chi connectivity index (χ1n) is 18.5. The Morgan fingerprint density at radius 3 is 2.19 bits per heavy atom. The van der Waals surface area contributed by atoms with E-state index in [1.807, 2.05) is 54.1 Å². The second-order valence-electron chi connectivity index (χ2n) is 17.1. The molecule has 10 nitrogen and oxygen atoms in total. The summed E-state index contributed by atoms with van der Waals surface area (Å²) in [4.78, 5) is 13.5. The molecule has 13 heteroatoms. The quantitative estimate of drug-likeness (QED) is 0.108. The number of fused-ring (bicyclic) bond motifs is 1. The van der Waals surface area contributed by atoms with Crippen LogP contribution in [0.2, 0.25) is 36.3 Å². The summed E-state index contributed by atoms with van der Waals surface area (Å²) in [5, 5.41) is 4.92. The minimum Gasteiger partial charge on any atom is -0.408 e. The number of nitrogen functional groups attached to an aromatic ring is 1. The lowest BCUT2D eigenvalue weighted by Crippen LogP contribution is -2.53. The molecule has 0 spiro atoms. The van der Waals surface area contributed by atoms with Gasteiger partial charge in [-0.2, -0.15) is 11.8 Å². The molecule has 4 aromatic heterocycles. The zero-order chi connectivity index (χ0) is 39.1. The topological polar surface area (TPSA) is 123 Å². The number of benzene rings is 1. The lowest BCUT2D eigenvalue weighted by Gasteiger charge is -2.44. The smallest absolute Gasteiger partial charge is 0.192 e. The SMILES string of the molecule is Cc1noc(-c2ccccc2)c1CSC[C@H]1O[C@@H](n2cc(C#Cc3ccccn3)c3c(N)ncnc32)[C@H](O[Si](C)(C)C(C)(C)C)[C@@H]1O[Si](C)(C)C(C)(C)C. The maximum atomic E-state index is 7.43. The van der Waals surface area contributed by atoms with E-state index in [0.717, 1.165) is 22.6 Å². The van der Waals surface area contributed by atoms with Gasteiger partial charge in [0.1, 0.15) is 35.7 Å². The van der Waals surface area contributed by atoms with Gasteiger partial charge in [-0.3, -0.25) is 0 Å². The number of aryl methyl sites for hydroxylation is 1. The van der Waals surface area contributed by atoms with Crippen molar-refractivity contribution in [3.63, 3.8) is 0 Å². The molecule has 0 bridgehead atoms. The number of hydrogen-bond donors (Lipinski definition) is 1. The van der Waals surface area contributed by atoms with Gasteiger partial charge in [-0.25, -0.2) is 15.0 Å². The summed E-state index contributed by atoms with van der Waals surface area (Å²) in [7, 11) is -4.70. The molecule has 0 amide bonds. The van der Waals surface area contributed by atoms with Crippen molar-refractivity contribution in [2.24, 2.45) is 0 Å². The summed E-state index contributed by atoms with van der Waals surface area (Å²) in [5.41, 5.74) is 11.5. The first kappa shape index (κ1) is 39.9. The second kappa shape index (κ2) is 15.4. The number of anilines is 1. The summed E-state index contributed by atoms with van der Waals surface area (Å²) < 4.78 is 29.9. The van der Waals surface area contributed by atoms with Crippen molar-refractivity contribution >= 4 is 45.2 Å². The zero-order valence-electron chi connectivity index (χ0n) is 33.4. The molecule has 5 heterocycles. The molecule has 1 aliphatic rings. The Morgan fingerprint density at radius 1 is 0.870 bits per heavy atom. The predicted octanol–water partition coefficient (Wildman–Crippen LogP) is 9.38. The van der Waals surface area contributed by atoms with E-state index < -0.39 is 29.0 Å². The standard InChI is InChI=1S/C41H54N6O4SSi2/c1-27-31(34(49-46-27)28-17-13-12-14-18-28)24-52-25-32-35(50-53(8,9)40(2,3)4)36(51-54(10,11)41(5,6)7)39(48-32)47-23-29(20-21-30-19-15-16-22-43-30)33-37(42)44-26-45-38(33)47/h12-19,22-23,26,32,35-36,39H,24-25H2,1-11H3,(H2,42,44,45)/t32-,35-,36-,39-/m1/s1. The second-order valence-corrected chi connectivity index (χ2v) is 27.6. The molecule has 0 aliphatic carbocycles. The van der Waals surface area contributed by atoms with Gasteiger partial charge in [0.2, 0.25) is 0 Å². The van der Waals surface area contributed by atoms with Crippen molar-refractivity contribution in [1.82, 2.24) is 24.7 Å². The van der Waals surface area contributed by atoms with E-state index >= 15 is 0 Å². The van der Waals surface area contributed by atoms with Crippen molar-refractivity contribution in [3.8, 4) is 23.2 Å². The molecular weight excluding hydrogens is 729 g/mol. The fourth-order valence-electron chi connectivity index (χ4n) is 5.99. The van der Waals surface area contributed by atoms with E-state index in [4.69, 9.17) is 28.8 Å². The van der Waals surface area contributed by atoms with Crippen LogP contribution < -0.4 is 5.73 Å². The molecule has 1 aliphatic heterocycles. The van der Waals surface area contributed by atoms with Gasteiger partial charge < -0.3 is 28.4 Å². The average molecular weight is 783 g/mol. The Kier molecular flexibility index (Phi) is 11.4. The van der Waals surface area contributed by atoms with Crippen LogP contribution in [0.5, 0.6) is 0 Å². The zero-order valence-corrected chi connectivity index (χ0v) is 36.2. The highest BCUT2D eigenvalue weighted by atomic mass is 32.2. The van der Waals surface area contributed by atoms with Crippen molar-refractivity contribution in [2.45, 2.75) is 115 Å². The Labute approximate surface area is 326 Å². The third-order valence-corrected chi connectivity index (χ3v) is 21.2. The largest absolute Gasteiger partial charge is 0.408 e. The molecule has 6 rings (SSSR count). The summed E-state index contributed by atoms with van der Waals surface area (Å²) in [6.07, 6.45) is 3.53. The fourth-order valence-corrected chi connectivity index (χ4v) is 9.75. The first-order valence-corrected chi connectivity index (χ1v) is 25.5. The molecular formula is C41H54N6O4SSi2. The Hall–Kier alpha value is -3.78. The minimum absolute atomic E-state index is 0.0372. The van der Waals surface area contributed by atoms with E-state index in [2.05, 4.69) is 107 Å². The van der Waals surface area contributed by atoms with Crippen LogP contribution in [0, 0.1) is 18.8 Å². The first-order chi connectivity index (χ1) is 25.4. The average Bonchev–Trinajstić information content (AvgIpc) is 3.77. The van der Waals surface area contributed by atoms with Crippen molar-refractivity contribution < 1.29 is 18.1 Å². The van der Waals surface area contributed by atoms with Crippen molar-refractivity contribution in [3.05, 3.63) is 89.8 Å². The number of thioether (sulfide) groups is 1. The van der Waals surface area contributed by atoms with Crippen LogP contribution in [-0.4, -0.2) is 65.4 Å². The molecule has 4 atom stereocenters. The molecule has 5 aromatic rings. The highest BCUT2D eigenvalue weighted by Crippen LogP contribution is 2.47. The van der Waals surface area contributed by atoms with Crippen LogP contribution in [-0.2, 0) is 19.3 Å². The number of pyridine rings is 1. The van der Waals surface area contributed by atoms with E-state index in [0.29, 0.717) is 39.6 Å². The summed E-state index contributed by atoms with van der Waals surface area (Å²) in [6.45, 7) is 24.8. The van der Waals surface area contributed by atoms with Crippen molar-refractivity contribution in [2.75, 3.05) is 11.5 Å². The summed E-state index contributed by atoms with van der Waals surface area (Å²) in [6, 6.07) is 15.8. The predicted molar refractivity (Wildman–Crippen MR) is 223 cm³/mol.